The van der Waals surface area contributed by atoms with Gasteiger partial charge in [-0.25, -0.2) is 19.6 Å². The molecule has 0 aliphatic carbocycles. The van der Waals surface area contributed by atoms with E-state index in [9.17, 15) is 4.79 Å². The lowest BCUT2D eigenvalue weighted by Crippen LogP contribution is -2.28. The van der Waals surface area contributed by atoms with Crippen molar-refractivity contribution in [2.45, 2.75) is 38.5 Å². The Balaban J connectivity index is 1.76. The normalized spacial score (nSPS) is 11.1. The van der Waals surface area contributed by atoms with Crippen molar-refractivity contribution in [3.05, 3.63) is 30.5 Å². The summed E-state index contributed by atoms with van der Waals surface area (Å²) in [5.41, 5.74) is 1.04. The minimum atomic E-state index is -0.265. The van der Waals surface area contributed by atoms with E-state index in [1.54, 1.807) is 22.6 Å². The zero-order valence-electron chi connectivity index (χ0n) is 15.5. The number of hydrogen-bond acceptors (Lipinski definition) is 8. The van der Waals surface area contributed by atoms with Crippen molar-refractivity contribution in [1.29, 1.82) is 0 Å². The fraction of sp³-hybridized carbons (Fsp3) is 0.412. The maximum Gasteiger partial charge on any atom is 0.271 e. The molecule has 27 heavy (non-hydrogen) atoms. The molecule has 1 amide bonds. The quantitative estimate of drug-likeness (QED) is 0.447. The van der Waals surface area contributed by atoms with Gasteiger partial charge in [-0.3, -0.25) is 9.78 Å². The lowest BCUT2D eigenvalue weighted by molar-refractivity contribution is 0.0946. The van der Waals surface area contributed by atoms with Crippen LogP contribution in [0.4, 0.5) is 5.82 Å². The molecule has 10 heteroatoms. The molecule has 2 N–H and O–H groups in total. The molecule has 3 heterocycles. The molecule has 0 fully saturated rings. The number of nitrogens with one attached hydrogen (secondary N) is 2. The van der Waals surface area contributed by atoms with Crippen molar-refractivity contribution in [2.75, 3.05) is 17.6 Å². The van der Waals surface area contributed by atoms with E-state index in [4.69, 9.17) is 0 Å². The minimum Gasteiger partial charge on any atom is -0.367 e. The first-order chi connectivity index (χ1) is 13.1. The van der Waals surface area contributed by atoms with Crippen LogP contribution < -0.4 is 10.6 Å². The smallest absolute Gasteiger partial charge is 0.271 e. The largest absolute Gasteiger partial charge is 0.367 e. The summed E-state index contributed by atoms with van der Waals surface area (Å²) < 4.78 is 1.78. The van der Waals surface area contributed by atoms with E-state index >= 15 is 0 Å². The minimum absolute atomic E-state index is 0.247. The van der Waals surface area contributed by atoms with Crippen LogP contribution in [-0.2, 0) is 6.54 Å². The van der Waals surface area contributed by atoms with Crippen molar-refractivity contribution >= 4 is 34.5 Å². The third kappa shape index (κ3) is 4.70. The van der Waals surface area contributed by atoms with Gasteiger partial charge in [0.05, 0.1) is 24.3 Å². The topological polar surface area (TPSA) is 111 Å². The van der Waals surface area contributed by atoms with Gasteiger partial charge in [-0.05, 0) is 19.6 Å². The lowest BCUT2D eigenvalue weighted by Gasteiger charge is -2.11. The molecule has 0 aromatic carbocycles. The number of fused-ring (bicyclic) bond motifs is 1. The van der Waals surface area contributed by atoms with E-state index in [2.05, 4.69) is 56.4 Å². The molecule has 0 radical (unpaired) electrons. The van der Waals surface area contributed by atoms with Gasteiger partial charge in [0, 0.05) is 25.0 Å². The highest BCUT2D eigenvalue weighted by Crippen LogP contribution is 2.24. The van der Waals surface area contributed by atoms with Crippen LogP contribution in [0.2, 0.25) is 0 Å². The zero-order chi connectivity index (χ0) is 19.2. The van der Waals surface area contributed by atoms with Crippen LogP contribution in [-0.4, -0.2) is 54.0 Å². The van der Waals surface area contributed by atoms with E-state index in [0.29, 0.717) is 18.2 Å². The van der Waals surface area contributed by atoms with Crippen LogP contribution >= 0.6 is 11.8 Å². The first-order valence-electron chi connectivity index (χ1n) is 8.75. The van der Waals surface area contributed by atoms with Crippen LogP contribution in [0.25, 0.3) is 11.0 Å². The zero-order valence-corrected chi connectivity index (χ0v) is 16.3. The molecule has 0 spiro atoms. The summed E-state index contributed by atoms with van der Waals surface area (Å²) in [4.78, 5) is 29.2. The summed E-state index contributed by atoms with van der Waals surface area (Å²) in [5, 5.41) is 12.2. The van der Waals surface area contributed by atoms with E-state index in [0.717, 1.165) is 22.6 Å². The summed E-state index contributed by atoms with van der Waals surface area (Å²) in [7, 11) is 0. The standard InChI is InChI=1S/C17H22N8OS/c1-4-27-17-23-14(22-11(2)3)12-9-21-25(15(12)24-17)8-7-20-16(26)13-10-18-5-6-19-13/h5-6,9-11H,4,7-8H2,1-3H3,(H,20,26)(H,22,23,24). The molecule has 0 atom stereocenters. The van der Waals surface area contributed by atoms with Crippen LogP contribution in [0, 0.1) is 0 Å². The highest BCUT2D eigenvalue weighted by Gasteiger charge is 2.14. The molecule has 0 saturated heterocycles. The summed E-state index contributed by atoms with van der Waals surface area (Å²) >= 11 is 1.58. The van der Waals surface area contributed by atoms with E-state index < -0.39 is 0 Å². The van der Waals surface area contributed by atoms with Crippen molar-refractivity contribution in [3.8, 4) is 0 Å². The molecule has 0 saturated carbocycles. The van der Waals surface area contributed by atoms with Crippen LogP contribution in [0.1, 0.15) is 31.3 Å². The average molecular weight is 386 g/mol. The number of aromatic nitrogens is 6. The summed E-state index contributed by atoms with van der Waals surface area (Å²) in [6, 6.07) is 0.247. The molecular formula is C17H22N8OS. The van der Waals surface area contributed by atoms with Gasteiger partial charge in [0.2, 0.25) is 0 Å². The van der Waals surface area contributed by atoms with Crippen LogP contribution in [0.15, 0.2) is 29.9 Å². The summed E-state index contributed by atoms with van der Waals surface area (Å²) in [6.07, 6.45) is 6.21. The average Bonchev–Trinajstić information content (AvgIpc) is 3.05. The van der Waals surface area contributed by atoms with E-state index in [1.807, 2.05) is 0 Å². The second-order valence-electron chi connectivity index (χ2n) is 6.04. The molecule has 3 aromatic rings. The van der Waals surface area contributed by atoms with Gasteiger partial charge in [-0.15, -0.1) is 0 Å². The number of rotatable bonds is 8. The lowest BCUT2D eigenvalue weighted by atomic mass is 10.3. The van der Waals surface area contributed by atoms with Gasteiger partial charge in [0.25, 0.3) is 5.91 Å². The Hall–Kier alpha value is -2.75. The van der Waals surface area contributed by atoms with Crippen molar-refractivity contribution < 1.29 is 4.79 Å². The Labute approximate surface area is 161 Å². The second-order valence-corrected chi connectivity index (χ2v) is 7.27. The van der Waals surface area contributed by atoms with Crippen molar-refractivity contribution in [1.82, 2.24) is 35.0 Å². The molecule has 0 aliphatic heterocycles. The highest BCUT2D eigenvalue weighted by atomic mass is 32.2. The van der Waals surface area contributed by atoms with Crippen molar-refractivity contribution in [2.24, 2.45) is 0 Å². The Morgan fingerprint density at radius 1 is 1.26 bits per heavy atom. The maximum atomic E-state index is 12.1. The van der Waals surface area contributed by atoms with Gasteiger partial charge in [0.1, 0.15) is 11.5 Å². The highest BCUT2D eigenvalue weighted by molar-refractivity contribution is 7.99. The second kappa shape index (κ2) is 8.76. The first kappa shape index (κ1) is 19.0. The number of anilines is 1. The SMILES string of the molecule is CCSc1nc(NC(C)C)c2cnn(CCNC(=O)c3cnccn3)c2n1. The third-order valence-corrected chi connectivity index (χ3v) is 4.31. The number of nitrogens with zero attached hydrogens (tertiary/aromatic N) is 6. The number of amides is 1. The van der Waals surface area contributed by atoms with Gasteiger partial charge in [-0.2, -0.15) is 5.10 Å². The Bertz CT molecular complexity index is 912. The molecule has 0 aliphatic rings. The maximum absolute atomic E-state index is 12.1. The Morgan fingerprint density at radius 2 is 2.11 bits per heavy atom. The van der Waals surface area contributed by atoms with Crippen molar-refractivity contribution in [3.63, 3.8) is 0 Å². The molecular weight excluding hydrogens is 364 g/mol. The monoisotopic (exact) mass is 386 g/mol. The molecule has 3 aromatic heterocycles. The predicted octanol–water partition coefficient (Wildman–Crippen LogP) is 1.98. The molecule has 0 bridgehead atoms. The van der Waals surface area contributed by atoms with Crippen LogP contribution in [0.3, 0.4) is 0 Å². The first-order valence-corrected chi connectivity index (χ1v) is 9.74. The fourth-order valence-corrected chi connectivity index (χ4v) is 3.02. The number of thioether (sulfide) groups is 1. The van der Waals surface area contributed by atoms with Gasteiger partial charge < -0.3 is 10.6 Å². The van der Waals surface area contributed by atoms with Gasteiger partial charge >= 0.3 is 0 Å². The third-order valence-electron chi connectivity index (χ3n) is 3.58. The van der Waals surface area contributed by atoms with E-state index in [-0.39, 0.29) is 17.6 Å². The number of carbonyl (C=O) groups excluding carboxylic acids is 1. The Morgan fingerprint density at radius 3 is 2.81 bits per heavy atom. The summed E-state index contributed by atoms with van der Waals surface area (Å²) in [5.74, 6) is 1.40. The number of hydrogen-bond donors (Lipinski definition) is 2. The summed E-state index contributed by atoms with van der Waals surface area (Å²) in [6.45, 7) is 7.08. The number of carbonyl (C=O) groups is 1. The molecule has 142 valence electrons. The Kier molecular flexibility index (Phi) is 6.17. The van der Waals surface area contributed by atoms with Gasteiger partial charge in [-0.1, -0.05) is 18.7 Å². The van der Waals surface area contributed by atoms with Gasteiger partial charge in [0.15, 0.2) is 10.8 Å². The molecule has 3 rings (SSSR count). The van der Waals surface area contributed by atoms with E-state index in [1.165, 1.54) is 18.6 Å². The fourth-order valence-electron chi connectivity index (χ4n) is 2.46. The van der Waals surface area contributed by atoms with Crippen LogP contribution in [0.5, 0.6) is 0 Å². The predicted molar refractivity (Wildman–Crippen MR) is 105 cm³/mol. The molecule has 9 nitrogen and oxygen atoms in total. The molecule has 0 unspecified atom stereocenters.